The molecule has 0 unspecified atom stereocenters. The maximum absolute atomic E-state index is 12.8. The molecule has 0 aliphatic heterocycles. The Labute approximate surface area is 123 Å². The van der Waals surface area contributed by atoms with Crippen molar-refractivity contribution < 1.29 is 22.7 Å². The third-order valence-corrected chi connectivity index (χ3v) is 2.76. The molecule has 1 aromatic carbocycles. The van der Waals surface area contributed by atoms with Gasteiger partial charge < -0.3 is 15.8 Å². The lowest BCUT2D eigenvalue weighted by Gasteiger charge is -2.12. The number of carbonyl (C=O) groups is 1. The van der Waals surface area contributed by atoms with E-state index in [4.69, 9.17) is 10.5 Å². The van der Waals surface area contributed by atoms with Crippen LogP contribution in [0.3, 0.4) is 0 Å². The van der Waals surface area contributed by atoms with Crippen LogP contribution in [0.15, 0.2) is 36.5 Å². The van der Waals surface area contributed by atoms with Gasteiger partial charge >= 0.3 is 6.18 Å². The lowest BCUT2D eigenvalue weighted by Crippen LogP contribution is -2.18. The molecule has 116 valence electrons. The second-order valence-electron chi connectivity index (χ2n) is 4.30. The summed E-state index contributed by atoms with van der Waals surface area (Å²) < 4.78 is 43.7. The molecule has 0 atom stereocenters. The Balaban J connectivity index is 2.30. The van der Waals surface area contributed by atoms with Crippen LogP contribution < -0.4 is 15.8 Å². The highest BCUT2D eigenvalue weighted by molar-refractivity contribution is 5.92. The minimum Gasteiger partial charge on any atom is -0.457 e. The van der Waals surface area contributed by atoms with Gasteiger partial charge in [-0.1, -0.05) is 0 Å². The summed E-state index contributed by atoms with van der Waals surface area (Å²) in [5.74, 6) is -0.291. The van der Waals surface area contributed by atoms with Gasteiger partial charge in [0.15, 0.2) is 0 Å². The van der Waals surface area contributed by atoms with Crippen LogP contribution in [0.1, 0.15) is 16.1 Å². The summed E-state index contributed by atoms with van der Waals surface area (Å²) in [5.41, 5.74) is 4.03. The smallest absolute Gasteiger partial charge is 0.418 e. The third-order valence-electron chi connectivity index (χ3n) is 2.76. The first kappa shape index (κ1) is 15.6. The van der Waals surface area contributed by atoms with Crippen molar-refractivity contribution >= 4 is 11.6 Å². The summed E-state index contributed by atoms with van der Waals surface area (Å²) in [7, 11) is 1.44. The molecule has 5 nitrogen and oxygen atoms in total. The van der Waals surface area contributed by atoms with Gasteiger partial charge in [0.2, 0.25) is 0 Å². The number of pyridine rings is 1. The third kappa shape index (κ3) is 3.46. The molecule has 2 rings (SSSR count). The van der Waals surface area contributed by atoms with Gasteiger partial charge in [0.05, 0.1) is 5.56 Å². The molecule has 1 heterocycles. The predicted octanol–water partition coefficient (Wildman–Crippen LogP) is 2.83. The van der Waals surface area contributed by atoms with E-state index in [-0.39, 0.29) is 22.9 Å². The molecule has 0 fully saturated rings. The summed E-state index contributed by atoms with van der Waals surface area (Å²) >= 11 is 0. The van der Waals surface area contributed by atoms with Crippen molar-refractivity contribution in [1.29, 1.82) is 0 Å². The van der Waals surface area contributed by atoms with Crippen LogP contribution in [0.25, 0.3) is 0 Å². The molecule has 0 spiro atoms. The first-order valence-electron chi connectivity index (χ1n) is 6.14. The lowest BCUT2D eigenvalue weighted by molar-refractivity contribution is -0.137. The van der Waals surface area contributed by atoms with Crippen molar-refractivity contribution in [2.24, 2.45) is 0 Å². The molecule has 3 N–H and O–H groups in total. The SMILES string of the molecule is CNC(=O)c1cc(Oc2ccc(N)c(C(F)(F)F)c2)ccn1. The van der Waals surface area contributed by atoms with Gasteiger partial charge in [0.1, 0.15) is 17.2 Å². The largest absolute Gasteiger partial charge is 0.457 e. The fourth-order valence-corrected chi connectivity index (χ4v) is 1.71. The van der Waals surface area contributed by atoms with E-state index >= 15 is 0 Å². The molecular formula is C14H12F3N3O2. The number of hydrogen-bond acceptors (Lipinski definition) is 4. The number of ether oxygens (including phenoxy) is 1. The molecule has 1 amide bonds. The fourth-order valence-electron chi connectivity index (χ4n) is 1.71. The van der Waals surface area contributed by atoms with E-state index in [1.165, 1.54) is 31.4 Å². The normalized spacial score (nSPS) is 11.1. The second-order valence-corrected chi connectivity index (χ2v) is 4.30. The molecular weight excluding hydrogens is 299 g/mol. The zero-order valence-corrected chi connectivity index (χ0v) is 11.4. The first-order valence-corrected chi connectivity index (χ1v) is 6.14. The molecule has 0 aliphatic rings. The number of hydrogen-bond donors (Lipinski definition) is 2. The topological polar surface area (TPSA) is 77.2 Å². The van der Waals surface area contributed by atoms with Gasteiger partial charge in [-0.3, -0.25) is 9.78 Å². The summed E-state index contributed by atoms with van der Waals surface area (Å²) in [5, 5.41) is 2.39. The molecule has 0 radical (unpaired) electrons. The predicted molar refractivity (Wildman–Crippen MR) is 73.6 cm³/mol. The second kappa shape index (κ2) is 5.92. The summed E-state index contributed by atoms with van der Waals surface area (Å²) in [4.78, 5) is 15.3. The number of nitrogens with one attached hydrogen (secondary N) is 1. The Hall–Kier alpha value is -2.77. The number of amides is 1. The minimum atomic E-state index is -4.57. The van der Waals surface area contributed by atoms with Crippen LogP contribution in [0, 0.1) is 0 Å². The number of nitrogen functional groups attached to an aromatic ring is 1. The first-order chi connectivity index (χ1) is 10.3. The molecule has 22 heavy (non-hydrogen) atoms. The molecule has 0 bridgehead atoms. The van der Waals surface area contributed by atoms with Crippen molar-refractivity contribution in [2.45, 2.75) is 6.18 Å². The van der Waals surface area contributed by atoms with Crippen LogP contribution in [0.2, 0.25) is 0 Å². The number of aromatic nitrogens is 1. The quantitative estimate of drug-likeness (QED) is 0.855. The van der Waals surface area contributed by atoms with E-state index < -0.39 is 17.6 Å². The van der Waals surface area contributed by atoms with Crippen molar-refractivity contribution in [3.8, 4) is 11.5 Å². The van der Waals surface area contributed by atoms with Gasteiger partial charge in [-0.25, -0.2) is 0 Å². The van der Waals surface area contributed by atoms with E-state index in [9.17, 15) is 18.0 Å². The Morgan fingerprint density at radius 3 is 2.55 bits per heavy atom. The molecule has 0 aliphatic carbocycles. The molecule has 0 saturated carbocycles. The highest BCUT2D eigenvalue weighted by Crippen LogP contribution is 2.36. The van der Waals surface area contributed by atoms with E-state index in [1.807, 2.05) is 0 Å². The van der Waals surface area contributed by atoms with Crippen molar-refractivity contribution in [1.82, 2.24) is 10.3 Å². The number of alkyl halides is 3. The molecule has 2 aromatic rings. The minimum absolute atomic E-state index is 0.0458. The maximum Gasteiger partial charge on any atom is 0.418 e. The van der Waals surface area contributed by atoms with Crippen LogP contribution in [-0.2, 0) is 6.18 Å². The van der Waals surface area contributed by atoms with E-state index in [2.05, 4.69) is 10.3 Å². The summed E-state index contributed by atoms with van der Waals surface area (Å²) in [6.45, 7) is 0. The number of benzene rings is 1. The van der Waals surface area contributed by atoms with Crippen molar-refractivity contribution in [3.05, 3.63) is 47.8 Å². The zero-order valence-electron chi connectivity index (χ0n) is 11.4. The van der Waals surface area contributed by atoms with E-state index in [1.54, 1.807) is 0 Å². The van der Waals surface area contributed by atoms with Gasteiger partial charge in [-0.2, -0.15) is 13.2 Å². The van der Waals surface area contributed by atoms with Gasteiger partial charge in [0.25, 0.3) is 5.91 Å². The van der Waals surface area contributed by atoms with Crippen molar-refractivity contribution in [3.63, 3.8) is 0 Å². The summed E-state index contributed by atoms with van der Waals surface area (Å²) in [6.07, 6.45) is -3.25. The van der Waals surface area contributed by atoms with Crippen LogP contribution in [0.4, 0.5) is 18.9 Å². The Bertz CT molecular complexity index is 702. The van der Waals surface area contributed by atoms with Crippen LogP contribution in [0.5, 0.6) is 11.5 Å². The van der Waals surface area contributed by atoms with E-state index in [0.717, 1.165) is 12.1 Å². The molecule has 1 aromatic heterocycles. The Morgan fingerprint density at radius 1 is 1.23 bits per heavy atom. The maximum atomic E-state index is 12.8. The molecule has 8 heteroatoms. The van der Waals surface area contributed by atoms with Gasteiger partial charge in [-0.05, 0) is 24.3 Å². The molecule has 0 saturated heterocycles. The van der Waals surface area contributed by atoms with Crippen LogP contribution >= 0.6 is 0 Å². The Kier molecular flexibility index (Phi) is 4.20. The van der Waals surface area contributed by atoms with Gasteiger partial charge in [-0.15, -0.1) is 0 Å². The fraction of sp³-hybridized carbons (Fsp3) is 0.143. The number of carbonyl (C=O) groups excluding carboxylic acids is 1. The van der Waals surface area contributed by atoms with E-state index in [0.29, 0.717) is 0 Å². The van der Waals surface area contributed by atoms with Gasteiger partial charge in [0, 0.05) is 25.0 Å². The zero-order chi connectivity index (χ0) is 16.3. The number of nitrogens with two attached hydrogens (primary N) is 1. The van der Waals surface area contributed by atoms with Crippen molar-refractivity contribution in [2.75, 3.05) is 12.8 Å². The average molecular weight is 311 g/mol. The number of nitrogens with zero attached hydrogens (tertiary/aromatic N) is 1. The lowest BCUT2D eigenvalue weighted by atomic mass is 10.1. The monoisotopic (exact) mass is 311 g/mol. The number of rotatable bonds is 3. The standard InChI is InChI=1S/C14H12F3N3O2/c1-19-13(21)12-7-9(4-5-20-12)22-8-2-3-11(18)10(6-8)14(15,16)17/h2-7H,18H2,1H3,(H,19,21). The highest BCUT2D eigenvalue weighted by atomic mass is 19.4. The average Bonchev–Trinajstić information content (AvgIpc) is 2.47. The highest BCUT2D eigenvalue weighted by Gasteiger charge is 2.33. The number of halogens is 3. The van der Waals surface area contributed by atoms with Crippen LogP contribution in [-0.4, -0.2) is 17.9 Å². The summed E-state index contributed by atoms with van der Waals surface area (Å²) in [6, 6.07) is 5.97. The number of anilines is 1. The Morgan fingerprint density at radius 2 is 1.91 bits per heavy atom.